The fourth-order valence-corrected chi connectivity index (χ4v) is 7.25. The van der Waals surface area contributed by atoms with Crippen molar-refractivity contribution in [2.75, 3.05) is 45.8 Å². The molecule has 3 fully saturated rings. The fourth-order valence-electron chi connectivity index (χ4n) is 5.50. The highest BCUT2D eigenvalue weighted by Gasteiger charge is 2.36. The molecule has 1 aromatic carbocycles. The molecule has 1 saturated carbocycles. The summed E-state index contributed by atoms with van der Waals surface area (Å²) in [5.41, 5.74) is 1.74. The van der Waals surface area contributed by atoms with Crippen molar-refractivity contribution in [2.24, 2.45) is 11.8 Å². The highest BCUT2D eigenvalue weighted by atomic mass is 32.2. The second-order valence-electron chi connectivity index (χ2n) is 9.53. The predicted molar refractivity (Wildman–Crippen MR) is 117 cm³/mol. The molecule has 2 atom stereocenters. The van der Waals surface area contributed by atoms with E-state index in [1.165, 1.54) is 30.6 Å². The highest BCUT2D eigenvalue weighted by Crippen LogP contribution is 2.35. The van der Waals surface area contributed by atoms with Crippen LogP contribution in [0, 0.1) is 25.7 Å². The molecular formula is C23H36N3O3S+. The number of benzene rings is 1. The largest absolute Gasteiger partial charge is 0.338 e. The van der Waals surface area contributed by atoms with Gasteiger partial charge in [-0.2, -0.15) is 4.31 Å². The van der Waals surface area contributed by atoms with E-state index in [9.17, 15) is 13.2 Å². The first-order chi connectivity index (χ1) is 14.3. The van der Waals surface area contributed by atoms with Crippen LogP contribution in [-0.4, -0.2) is 69.3 Å². The van der Waals surface area contributed by atoms with Gasteiger partial charge < -0.3 is 9.80 Å². The number of hydrogen-bond acceptors (Lipinski definition) is 3. The first-order valence-electron chi connectivity index (χ1n) is 11.5. The van der Waals surface area contributed by atoms with E-state index in [-0.39, 0.29) is 5.91 Å². The smallest absolute Gasteiger partial charge is 0.277 e. The first-order valence-corrected chi connectivity index (χ1v) is 13.0. The number of likely N-dealkylation sites (tertiary alicyclic amines) is 1. The number of quaternary nitrogens is 1. The van der Waals surface area contributed by atoms with Crippen molar-refractivity contribution in [1.29, 1.82) is 0 Å². The molecular weight excluding hydrogens is 398 g/mol. The standard InChI is InChI=1S/C23H35N3O3S/c1-18-7-8-19(2)22(15-18)30(28,29)26-13-11-24(12-14-26)17-23(27)25-10-9-20-5-3-4-6-21(20)16-25/h7-8,15,20-21H,3-6,9-14,16-17H2,1-2H3/p+1/t20-,21+/m0/s1. The van der Waals surface area contributed by atoms with Crippen LogP contribution in [0.4, 0.5) is 0 Å². The van der Waals surface area contributed by atoms with Crippen molar-refractivity contribution in [3.63, 3.8) is 0 Å². The zero-order valence-corrected chi connectivity index (χ0v) is 19.2. The van der Waals surface area contributed by atoms with Crippen LogP contribution < -0.4 is 4.90 Å². The summed E-state index contributed by atoms with van der Waals surface area (Å²) < 4.78 is 27.8. The Kier molecular flexibility index (Phi) is 6.51. The van der Waals surface area contributed by atoms with Gasteiger partial charge in [0.25, 0.3) is 5.91 Å². The Morgan fingerprint density at radius 2 is 1.73 bits per heavy atom. The van der Waals surface area contributed by atoms with Crippen molar-refractivity contribution in [1.82, 2.24) is 9.21 Å². The fraction of sp³-hybridized carbons (Fsp3) is 0.696. The van der Waals surface area contributed by atoms with Crippen molar-refractivity contribution in [2.45, 2.75) is 50.8 Å². The van der Waals surface area contributed by atoms with Crippen molar-refractivity contribution in [3.05, 3.63) is 29.3 Å². The minimum absolute atomic E-state index is 0.250. The molecule has 0 aromatic heterocycles. The number of nitrogens with one attached hydrogen (secondary N) is 1. The van der Waals surface area contributed by atoms with E-state index in [2.05, 4.69) is 4.90 Å². The van der Waals surface area contributed by atoms with Crippen molar-refractivity contribution < 1.29 is 18.1 Å². The molecule has 30 heavy (non-hydrogen) atoms. The van der Waals surface area contributed by atoms with Gasteiger partial charge in [0.1, 0.15) is 0 Å². The Hall–Kier alpha value is -1.44. The van der Waals surface area contributed by atoms with Crippen molar-refractivity contribution >= 4 is 15.9 Å². The lowest BCUT2D eigenvalue weighted by molar-refractivity contribution is -0.896. The number of hydrogen-bond donors (Lipinski definition) is 1. The minimum Gasteiger partial charge on any atom is -0.338 e. The molecule has 2 aliphatic heterocycles. The molecule has 1 amide bonds. The van der Waals surface area contributed by atoms with E-state index in [0.29, 0.717) is 43.5 Å². The Morgan fingerprint density at radius 3 is 2.47 bits per heavy atom. The zero-order chi connectivity index (χ0) is 21.3. The summed E-state index contributed by atoms with van der Waals surface area (Å²) in [6.45, 7) is 8.43. The number of rotatable bonds is 4. The molecule has 0 radical (unpaired) electrons. The van der Waals surface area contributed by atoms with E-state index in [1.807, 2.05) is 26.0 Å². The molecule has 1 aliphatic carbocycles. The van der Waals surface area contributed by atoms with Gasteiger partial charge in [-0.25, -0.2) is 8.42 Å². The third kappa shape index (κ3) is 4.58. The van der Waals surface area contributed by atoms with Gasteiger partial charge in [0.05, 0.1) is 31.1 Å². The average Bonchev–Trinajstić information content (AvgIpc) is 2.75. The van der Waals surface area contributed by atoms with Gasteiger partial charge in [0.2, 0.25) is 10.0 Å². The molecule has 0 unspecified atom stereocenters. The summed E-state index contributed by atoms with van der Waals surface area (Å²) >= 11 is 0. The van der Waals surface area contributed by atoms with Crippen molar-refractivity contribution in [3.8, 4) is 0 Å². The Bertz CT molecular complexity index is 878. The zero-order valence-electron chi connectivity index (χ0n) is 18.4. The van der Waals surface area contributed by atoms with Crippen LogP contribution in [-0.2, 0) is 14.8 Å². The highest BCUT2D eigenvalue weighted by molar-refractivity contribution is 7.89. The maximum atomic E-state index is 13.1. The number of sulfonamides is 1. The molecule has 2 heterocycles. The lowest BCUT2D eigenvalue weighted by Gasteiger charge is -2.41. The van der Waals surface area contributed by atoms with Crippen LogP contribution in [0.5, 0.6) is 0 Å². The van der Waals surface area contributed by atoms with E-state index in [0.717, 1.165) is 36.6 Å². The molecule has 3 aliphatic rings. The second kappa shape index (κ2) is 8.97. The SMILES string of the molecule is Cc1ccc(C)c(S(=O)(=O)N2CC[NH+](CC(=O)N3CC[C@@H]4CCCC[C@@H]4C3)CC2)c1. The second-order valence-corrected chi connectivity index (χ2v) is 11.4. The van der Waals surface area contributed by atoms with Gasteiger partial charge in [-0.3, -0.25) is 4.79 Å². The van der Waals surface area contributed by atoms with Crippen LogP contribution in [0.2, 0.25) is 0 Å². The molecule has 0 spiro atoms. The van der Waals surface area contributed by atoms with Gasteiger partial charge in [-0.1, -0.05) is 31.4 Å². The number of aryl methyl sites for hydroxylation is 2. The molecule has 166 valence electrons. The quantitative estimate of drug-likeness (QED) is 0.775. The monoisotopic (exact) mass is 434 g/mol. The van der Waals surface area contributed by atoms with Gasteiger partial charge in [0, 0.05) is 13.1 Å². The number of carbonyl (C=O) groups excluding carboxylic acids is 1. The molecule has 7 heteroatoms. The maximum absolute atomic E-state index is 13.1. The number of fused-ring (bicyclic) bond motifs is 1. The molecule has 4 rings (SSSR count). The summed E-state index contributed by atoms with van der Waals surface area (Å²) in [7, 11) is -3.48. The van der Waals surface area contributed by atoms with Gasteiger partial charge in [-0.15, -0.1) is 0 Å². The number of nitrogens with zero attached hydrogens (tertiary/aromatic N) is 2. The summed E-state index contributed by atoms with van der Waals surface area (Å²) in [6, 6.07) is 5.58. The van der Waals surface area contributed by atoms with E-state index >= 15 is 0 Å². The molecule has 2 saturated heterocycles. The summed E-state index contributed by atoms with van der Waals surface area (Å²) in [5, 5.41) is 0. The van der Waals surface area contributed by atoms with E-state index in [4.69, 9.17) is 0 Å². The third-order valence-electron chi connectivity index (χ3n) is 7.44. The van der Waals surface area contributed by atoms with Crippen LogP contribution in [0.3, 0.4) is 0 Å². The molecule has 6 nitrogen and oxygen atoms in total. The third-order valence-corrected chi connectivity index (χ3v) is 9.48. The number of piperidine rings is 1. The summed E-state index contributed by atoms with van der Waals surface area (Å²) in [6.07, 6.45) is 6.44. The van der Waals surface area contributed by atoms with Gasteiger partial charge >= 0.3 is 0 Å². The lowest BCUT2D eigenvalue weighted by atomic mass is 9.75. The predicted octanol–water partition coefficient (Wildman–Crippen LogP) is 1.23. The maximum Gasteiger partial charge on any atom is 0.277 e. The van der Waals surface area contributed by atoms with Gasteiger partial charge in [0.15, 0.2) is 6.54 Å². The Balaban J connectivity index is 1.31. The topological polar surface area (TPSA) is 62.1 Å². The van der Waals surface area contributed by atoms with Crippen LogP contribution in [0.15, 0.2) is 23.1 Å². The van der Waals surface area contributed by atoms with E-state index < -0.39 is 10.0 Å². The number of amides is 1. The number of carbonyl (C=O) groups is 1. The molecule has 0 bridgehead atoms. The lowest BCUT2D eigenvalue weighted by Crippen LogP contribution is -3.15. The summed E-state index contributed by atoms with van der Waals surface area (Å²) in [4.78, 5) is 16.6. The van der Waals surface area contributed by atoms with Crippen LogP contribution in [0.1, 0.15) is 43.2 Å². The Morgan fingerprint density at radius 1 is 1.03 bits per heavy atom. The summed E-state index contributed by atoms with van der Waals surface area (Å²) in [5.74, 6) is 1.78. The van der Waals surface area contributed by atoms with Gasteiger partial charge in [-0.05, 0) is 55.7 Å². The average molecular weight is 435 g/mol. The molecule has 1 aromatic rings. The minimum atomic E-state index is -3.48. The first kappa shape index (κ1) is 21.8. The normalized spacial score (nSPS) is 26.4. The Labute approximate surface area is 181 Å². The van der Waals surface area contributed by atoms with Crippen LogP contribution in [0.25, 0.3) is 0 Å². The number of piperazine rings is 1. The van der Waals surface area contributed by atoms with E-state index in [1.54, 1.807) is 10.4 Å². The molecule has 1 N–H and O–H groups in total. The van der Waals surface area contributed by atoms with Crippen LogP contribution >= 0.6 is 0 Å².